The molecule has 0 bridgehead atoms. The first-order valence-electron chi connectivity index (χ1n) is 30.4. The quantitative estimate of drug-likeness (QED) is 0.0343. The molecule has 6 heteroatoms. The summed E-state index contributed by atoms with van der Waals surface area (Å²) >= 11 is 0. The van der Waals surface area contributed by atoms with Gasteiger partial charge in [0, 0.05) is 19.3 Å². The maximum atomic E-state index is 12.9. The Morgan fingerprint density at radius 2 is 0.493 bits per heavy atom. The zero-order valence-electron chi connectivity index (χ0n) is 45.9. The lowest BCUT2D eigenvalue weighted by Gasteiger charge is -2.18. The molecule has 0 aromatic rings. The van der Waals surface area contributed by atoms with Crippen LogP contribution in [0.4, 0.5) is 0 Å². The third-order valence-corrected chi connectivity index (χ3v) is 14.0. The molecule has 0 aliphatic carbocycles. The lowest BCUT2D eigenvalue weighted by atomic mass is 10.0. The highest BCUT2D eigenvalue weighted by Crippen LogP contribution is 2.18. The van der Waals surface area contributed by atoms with Gasteiger partial charge in [-0.15, -0.1) is 0 Å². The SMILES string of the molecule is CCCCCCCCCCCCCCCCCCCCCC(=O)O[C@@H](COC(=O)CCCCCCCCCCC)COC(=O)CCCCCCCCCCCCCCCCCCCCC(C)C. The normalized spacial score (nSPS) is 12.0. The van der Waals surface area contributed by atoms with E-state index in [1.54, 1.807) is 0 Å². The van der Waals surface area contributed by atoms with Crippen molar-refractivity contribution in [2.75, 3.05) is 13.2 Å². The van der Waals surface area contributed by atoms with E-state index < -0.39 is 6.10 Å². The molecule has 0 aromatic carbocycles. The van der Waals surface area contributed by atoms with Crippen molar-refractivity contribution in [1.29, 1.82) is 0 Å². The number of esters is 3. The summed E-state index contributed by atoms with van der Waals surface area (Å²) in [5.41, 5.74) is 0. The highest BCUT2D eigenvalue weighted by atomic mass is 16.6. The number of hydrogen-bond donors (Lipinski definition) is 0. The maximum Gasteiger partial charge on any atom is 0.306 e. The predicted octanol–water partition coefficient (Wildman–Crippen LogP) is 20.2. The van der Waals surface area contributed by atoms with Crippen molar-refractivity contribution in [2.45, 2.75) is 355 Å². The molecule has 0 amide bonds. The van der Waals surface area contributed by atoms with E-state index in [1.807, 2.05) is 0 Å². The minimum absolute atomic E-state index is 0.0617. The van der Waals surface area contributed by atoms with Gasteiger partial charge in [-0.05, 0) is 25.2 Å². The summed E-state index contributed by atoms with van der Waals surface area (Å²) in [5, 5.41) is 0. The van der Waals surface area contributed by atoms with Crippen LogP contribution >= 0.6 is 0 Å². The largest absolute Gasteiger partial charge is 0.462 e. The van der Waals surface area contributed by atoms with Crippen LogP contribution in [-0.4, -0.2) is 37.2 Å². The molecule has 67 heavy (non-hydrogen) atoms. The molecular weight excluding hydrogens is 829 g/mol. The Kier molecular flexibility index (Phi) is 54.0. The number of carbonyl (C=O) groups is 3. The average molecular weight is 948 g/mol. The molecule has 0 heterocycles. The molecule has 1 atom stereocenters. The Hall–Kier alpha value is -1.59. The van der Waals surface area contributed by atoms with Gasteiger partial charge in [-0.1, -0.05) is 310 Å². The summed E-state index contributed by atoms with van der Waals surface area (Å²) in [7, 11) is 0. The van der Waals surface area contributed by atoms with E-state index in [2.05, 4.69) is 27.7 Å². The van der Waals surface area contributed by atoms with E-state index >= 15 is 0 Å². The van der Waals surface area contributed by atoms with Gasteiger partial charge in [-0.25, -0.2) is 0 Å². The van der Waals surface area contributed by atoms with Crippen LogP contribution in [-0.2, 0) is 28.6 Å². The molecular formula is C61H118O6. The van der Waals surface area contributed by atoms with Crippen molar-refractivity contribution in [3.63, 3.8) is 0 Å². The minimum Gasteiger partial charge on any atom is -0.462 e. The average Bonchev–Trinajstić information content (AvgIpc) is 3.31. The van der Waals surface area contributed by atoms with E-state index in [1.165, 1.54) is 244 Å². The number of hydrogen-bond acceptors (Lipinski definition) is 6. The second-order valence-electron chi connectivity index (χ2n) is 21.5. The Bertz CT molecular complexity index is 1010. The summed E-state index contributed by atoms with van der Waals surface area (Å²) in [6.07, 6.45) is 61.1. The summed E-state index contributed by atoms with van der Waals surface area (Å²) in [6, 6.07) is 0. The molecule has 0 radical (unpaired) electrons. The molecule has 0 aromatic heterocycles. The van der Waals surface area contributed by atoms with Gasteiger partial charge in [-0.3, -0.25) is 14.4 Å². The molecule has 0 spiro atoms. The molecule has 0 rings (SSSR count). The lowest BCUT2D eigenvalue weighted by Crippen LogP contribution is -2.30. The van der Waals surface area contributed by atoms with Crippen LogP contribution in [0.15, 0.2) is 0 Å². The van der Waals surface area contributed by atoms with Crippen LogP contribution in [0.3, 0.4) is 0 Å². The Morgan fingerprint density at radius 1 is 0.284 bits per heavy atom. The summed E-state index contributed by atoms with van der Waals surface area (Å²) in [5.74, 6) is 0.0233. The van der Waals surface area contributed by atoms with Gasteiger partial charge >= 0.3 is 17.9 Å². The Morgan fingerprint density at radius 3 is 0.731 bits per heavy atom. The third kappa shape index (κ3) is 55.2. The van der Waals surface area contributed by atoms with Gasteiger partial charge in [0.15, 0.2) is 6.10 Å². The summed E-state index contributed by atoms with van der Waals surface area (Å²) in [6.45, 7) is 9.07. The van der Waals surface area contributed by atoms with Crippen molar-refractivity contribution >= 4 is 17.9 Å². The van der Waals surface area contributed by atoms with Crippen molar-refractivity contribution in [3.05, 3.63) is 0 Å². The molecule has 6 nitrogen and oxygen atoms in total. The molecule has 0 aliphatic rings. The van der Waals surface area contributed by atoms with Gasteiger partial charge < -0.3 is 14.2 Å². The first-order valence-corrected chi connectivity index (χ1v) is 30.4. The molecule has 0 fully saturated rings. The lowest BCUT2D eigenvalue weighted by molar-refractivity contribution is -0.167. The van der Waals surface area contributed by atoms with E-state index in [9.17, 15) is 14.4 Å². The number of carbonyl (C=O) groups excluding carboxylic acids is 3. The van der Waals surface area contributed by atoms with Gasteiger partial charge in [0.2, 0.25) is 0 Å². The number of rotatable bonds is 56. The molecule has 0 saturated heterocycles. The molecule has 0 unspecified atom stereocenters. The van der Waals surface area contributed by atoms with Gasteiger partial charge in [-0.2, -0.15) is 0 Å². The second-order valence-corrected chi connectivity index (χ2v) is 21.5. The zero-order chi connectivity index (χ0) is 48.8. The van der Waals surface area contributed by atoms with E-state index in [-0.39, 0.29) is 31.1 Å². The zero-order valence-corrected chi connectivity index (χ0v) is 45.9. The predicted molar refractivity (Wildman–Crippen MR) is 289 cm³/mol. The van der Waals surface area contributed by atoms with Crippen molar-refractivity contribution in [1.82, 2.24) is 0 Å². The van der Waals surface area contributed by atoms with Crippen molar-refractivity contribution in [3.8, 4) is 0 Å². The fourth-order valence-electron chi connectivity index (χ4n) is 9.46. The highest BCUT2D eigenvalue weighted by Gasteiger charge is 2.19. The first kappa shape index (κ1) is 65.4. The minimum atomic E-state index is -0.761. The standard InChI is InChI=1S/C61H118O6/c1-5-7-9-11-13-15-16-17-18-19-20-25-28-31-34-38-42-46-50-54-61(64)67-58(55-65-59(62)52-48-44-40-35-14-12-10-8-6-2)56-66-60(63)53-49-45-41-37-33-30-27-24-22-21-23-26-29-32-36-39-43-47-51-57(3)4/h57-58H,5-56H2,1-4H3/t58-/m0/s1. The maximum absolute atomic E-state index is 12.9. The van der Waals surface area contributed by atoms with Crippen molar-refractivity contribution < 1.29 is 28.6 Å². The topological polar surface area (TPSA) is 78.9 Å². The van der Waals surface area contributed by atoms with E-state index in [0.717, 1.165) is 63.7 Å². The van der Waals surface area contributed by atoms with Crippen LogP contribution in [0.1, 0.15) is 349 Å². The second kappa shape index (κ2) is 55.3. The summed E-state index contributed by atoms with van der Waals surface area (Å²) in [4.78, 5) is 38.1. The first-order chi connectivity index (χ1) is 32.9. The molecule has 0 aliphatic heterocycles. The van der Waals surface area contributed by atoms with Gasteiger partial charge in [0.05, 0.1) is 0 Å². The van der Waals surface area contributed by atoms with Gasteiger partial charge in [0.25, 0.3) is 0 Å². The van der Waals surface area contributed by atoms with Crippen LogP contribution in [0, 0.1) is 5.92 Å². The Labute approximate surface area is 418 Å². The van der Waals surface area contributed by atoms with E-state index in [4.69, 9.17) is 14.2 Å². The highest BCUT2D eigenvalue weighted by molar-refractivity contribution is 5.71. The summed E-state index contributed by atoms with van der Waals surface area (Å²) < 4.78 is 16.9. The smallest absolute Gasteiger partial charge is 0.306 e. The molecule has 398 valence electrons. The number of ether oxygens (including phenoxy) is 3. The molecule has 0 saturated carbocycles. The van der Waals surface area contributed by atoms with Crippen LogP contribution in [0.5, 0.6) is 0 Å². The van der Waals surface area contributed by atoms with E-state index in [0.29, 0.717) is 19.3 Å². The fourth-order valence-corrected chi connectivity index (χ4v) is 9.46. The van der Waals surface area contributed by atoms with Crippen LogP contribution in [0.25, 0.3) is 0 Å². The Balaban J connectivity index is 4.17. The monoisotopic (exact) mass is 947 g/mol. The fraction of sp³-hybridized carbons (Fsp3) is 0.951. The third-order valence-electron chi connectivity index (χ3n) is 14.0. The van der Waals surface area contributed by atoms with Crippen molar-refractivity contribution in [2.24, 2.45) is 5.92 Å². The van der Waals surface area contributed by atoms with Crippen LogP contribution < -0.4 is 0 Å². The molecule has 0 N–H and O–H groups in total. The number of unbranched alkanes of at least 4 members (excludes halogenated alkanes) is 43. The van der Waals surface area contributed by atoms with Gasteiger partial charge in [0.1, 0.15) is 13.2 Å². The van der Waals surface area contributed by atoms with Crippen LogP contribution in [0.2, 0.25) is 0 Å².